The Kier molecular flexibility index (Phi) is 5.56. The van der Waals surface area contributed by atoms with Crippen LogP contribution in [0.4, 0.5) is 0 Å². The van der Waals surface area contributed by atoms with Crippen molar-refractivity contribution in [1.82, 2.24) is 19.9 Å². The molecule has 5 aromatic heterocycles. The van der Waals surface area contributed by atoms with E-state index in [1.165, 1.54) is 36.7 Å². The van der Waals surface area contributed by atoms with Crippen LogP contribution in [0.15, 0.2) is 114 Å². The van der Waals surface area contributed by atoms with Crippen molar-refractivity contribution >= 4 is 32.8 Å². The molecule has 46 heavy (non-hydrogen) atoms. The first-order chi connectivity index (χ1) is 26.8. The Morgan fingerprint density at radius 3 is 2.43 bits per heavy atom. The van der Waals surface area contributed by atoms with Gasteiger partial charge < -0.3 is 14.4 Å². The molecule has 0 bridgehead atoms. The average Bonchev–Trinajstić information content (AvgIpc) is 3.55. The Bertz CT molecular complexity index is 2690. The molecular weight excluding hydrogens is 745 g/mol. The van der Waals surface area contributed by atoms with Gasteiger partial charge in [0.2, 0.25) is 5.71 Å². The van der Waals surface area contributed by atoms with E-state index in [1.54, 1.807) is 42.7 Å². The quantitative estimate of drug-likeness (QED) is 0.167. The summed E-state index contributed by atoms with van der Waals surface area (Å²) in [6.07, 6.45) is 6.12. The van der Waals surface area contributed by atoms with Gasteiger partial charge in [-0.3, -0.25) is 4.98 Å². The van der Waals surface area contributed by atoms with Gasteiger partial charge in [-0.05, 0) is 83.8 Å². The van der Waals surface area contributed by atoms with Gasteiger partial charge in [-0.1, -0.05) is 48.1 Å². The van der Waals surface area contributed by atoms with E-state index < -0.39 is 27.4 Å². The van der Waals surface area contributed by atoms with E-state index in [9.17, 15) is 0 Å². The van der Waals surface area contributed by atoms with E-state index in [0.717, 1.165) is 21.7 Å². The number of nitrogens with zero attached hydrogens (tertiary/aromatic N) is 4. The molecule has 0 N–H and O–H groups in total. The van der Waals surface area contributed by atoms with Crippen LogP contribution in [0.3, 0.4) is 0 Å². The Morgan fingerprint density at radius 2 is 1.63 bits per heavy atom. The molecule has 0 saturated heterocycles. The molecule has 0 aliphatic heterocycles. The summed E-state index contributed by atoms with van der Waals surface area (Å²) in [7, 11) is 0. The SMILES string of the molecule is [2H]C([2H])([2H])c1c[c-]c(-c2ccc(C([2H])([2H])[2H])cn2)cc1.[2H]C([2H])([2H])c1ccc2c(n1)oc1c(-c3cc(-c4ccc5cnccc5c4)c(C([2H])([2H])[2H])cn3)[c-]ccc12.[Ir]. The van der Waals surface area contributed by atoms with Crippen molar-refractivity contribution < 1.29 is 41.0 Å². The predicted octanol–water partition coefficient (Wildman–Crippen LogP) is 9.84. The van der Waals surface area contributed by atoms with Crippen LogP contribution in [-0.4, -0.2) is 19.9 Å². The van der Waals surface area contributed by atoms with Crippen LogP contribution >= 0.6 is 0 Å². The summed E-state index contributed by atoms with van der Waals surface area (Å²) in [6, 6.07) is 29.6. The maximum absolute atomic E-state index is 8.08. The van der Waals surface area contributed by atoms with Gasteiger partial charge in [-0.25, -0.2) is 4.98 Å². The zero-order chi connectivity index (χ0) is 40.9. The van der Waals surface area contributed by atoms with Crippen LogP contribution in [0.1, 0.15) is 38.8 Å². The molecule has 5 heterocycles. The standard InChI is InChI=1S/C27H18N3O.C13H12N.Ir/c1-16-14-29-25(13-24(16)19-7-8-20-15-28-11-10-18(20)12-19)23-5-3-4-21-22-9-6-17(2)30-27(22)31-26(21)23;1-10-3-6-12(7-4-10)13-8-5-11(2)9-14-13;/h3-4,6-15H,1-2H3;3-6,8-9H,1-2H3;/q2*-1;/i2*1D3,2D3;. The third-order valence-electron chi connectivity index (χ3n) is 7.26. The number of benzene rings is 3. The second kappa shape index (κ2) is 13.1. The van der Waals surface area contributed by atoms with Gasteiger partial charge in [-0.15, -0.1) is 53.6 Å². The van der Waals surface area contributed by atoms with Crippen molar-refractivity contribution in [3.05, 3.63) is 144 Å². The summed E-state index contributed by atoms with van der Waals surface area (Å²) in [5.74, 6) is 0. The third kappa shape index (κ3) is 6.23. The van der Waals surface area contributed by atoms with E-state index in [4.69, 9.17) is 20.9 Å². The number of hydrogen-bond acceptors (Lipinski definition) is 5. The number of aromatic nitrogens is 4. The third-order valence-corrected chi connectivity index (χ3v) is 7.26. The summed E-state index contributed by atoms with van der Waals surface area (Å²) >= 11 is 0. The predicted molar refractivity (Wildman–Crippen MR) is 182 cm³/mol. The van der Waals surface area contributed by atoms with Crippen LogP contribution < -0.4 is 0 Å². The summed E-state index contributed by atoms with van der Waals surface area (Å²) in [4.78, 5) is 16.9. The minimum atomic E-state index is -2.38. The average molecular weight is 787 g/mol. The van der Waals surface area contributed by atoms with E-state index in [2.05, 4.69) is 32.1 Å². The molecule has 0 atom stereocenters. The Morgan fingerprint density at radius 1 is 0.717 bits per heavy atom. The fraction of sp³-hybridized carbons (Fsp3) is 0.100. The van der Waals surface area contributed by atoms with Crippen molar-refractivity contribution in [3.8, 4) is 33.6 Å². The monoisotopic (exact) mass is 787 g/mol. The molecule has 0 aliphatic carbocycles. The maximum Gasteiger partial charge on any atom is 0.216 e. The van der Waals surface area contributed by atoms with Gasteiger partial charge in [0.15, 0.2) is 0 Å². The molecule has 1 radical (unpaired) electrons. The number of rotatable bonds is 3. The molecule has 0 unspecified atom stereocenters. The van der Waals surface area contributed by atoms with Crippen molar-refractivity contribution in [2.24, 2.45) is 0 Å². The number of furan rings is 1. The zero-order valence-corrected chi connectivity index (χ0v) is 26.3. The fourth-order valence-corrected chi connectivity index (χ4v) is 5.03. The minimum absolute atomic E-state index is 0. The number of hydrogen-bond donors (Lipinski definition) is 0. The van der Waals surface area contributed by atoms with E-state index >= 15 is 0 Å². The van der Waals surface area contributed by atoms with E-state index in [1.807, 2.05) is 30.3 Å². The van der Waals surface area contributed by atoms with E-state index in [-0.39, 0.29) is 48.2 Å². The molecular formula is C40H30IrN4O-2. The molecule has 5 nitrogen and oxygen atoms in total. The number of pyridine rings is 4. The molecule has 0 saturated carbocycles. The molecule has 0 fully saturated rings. The Labute approximate surface area is 298 Å². The topological polar surface area (TPSA) is 64.7 Å². The molecule has 0 amide bonds. The normalized spacial score (nSPS) is 15.8. The zero-order valence-electron chi connectivity index (χ0n) is 35.9. The summed E-state index contributed by atoms with van der Waals surface area (Å²) in [5.41, 5.74) is 4.51. The van der Waals surface area contributed by atoms with Crippen LogP contribution in [0.25, 0.3) is 66.5 Å². The van der Waals surface area contributed by atoms with Gasteiger partial charge in [0.05, 0.1) is 5.58 Å². The number of aryl methyl sites for hydroxylation is 4. The second-order valence-electron chi connectivity index (χ2n) is 10.2. The first-order valence-corrected chi connectivity index (χ1v) is 13.9. The van der Waals surface area contributed by atoms with Crippen molar-refractivity contribution in [2.45, 2.75) is 27.4 Å². The van der Waals surface area contributed by atoms with E-state index in [0.29, 0.717) is 39.0 Å². The summed E-state index contributed by atoms with van der Waals surface area (Å²) < 4.78 is 96.9. The summed E-state index contributed by atoms with van der Waals surface area (Å²) in [5, 5.41) is 3.28. The van der Waals surface area contributed by atoms with Crippen LogP contribution in [-0.2, 0) is 20.1 Å². The first kappa shape index (κ1) is 19.5. The first-order valence-electron chi connectivity index (χ1n) is 19.9. The number of fused-ring (bicyclic) bond motifs is 4. The molecule has 227 valence electrons. The van der Waals surface area contributed by atoms with Gasteiger partial charge in [0, 0.05) is 77.8 Å². The molecule has 8 aromatic rings. The minimum Gasteiger partial charge on any atom is -0.486 e. The van der Waals surface area contributed by atoms with Crippen molar-refractivity contribution in [3.63, 3.8) is 0 Å². The van der Waals surface area contributed by atoms with Gasteiger partial charge in [0.25, 0.3) is 0 Å². The maximum atomic E-state index is 8.08. The van der Waals surface area contributed by atoms with Crippen molar-refractivity contribution in [2.75, 3.05) is 0 Å². The van der Waals surface area contributed by atoms with Crippen molar-refractivity contribution in [1.29, 1.82) is 0 Å². The van der Waals surface area contributed by atoms with Gasteiger partial charge in [0.1, 0.15) is 0 Å². The Balaban J connectivity index is 0.000000230. The van der Waals surface area contributed by atoms with Gasteiger partial charge >= 0.3 is 0 Å². The largest absolute Gasteiger partial charge is 0.486 e. The molecule has 6 heteroatoms. The Hall–Kier alpha value is -5.03. The van der Waals surface area contributed by atoms with Crippen LogP contribution in [0.5, 0.6) is 0 Å². The van der Waals surface area contributed by atoms with Crippen LogP contribution in [0, 0.1) is 39.5 Å². The summed E-state index contributed by atoms with van der Waals surface area (Å²) in [6.45, 7) is -9.08. The van der Waals surface area contributed by atoms with Crippen LogP contribution in [0.2, 0.25) is 0 Å². The van der Waals surface area contributed by atoms with Gasteiger partial charge in [-0.2, -0.15) is 0 Å². The molecule has 8 rings (SSSR count). The smallest absolute Gasteiger partial charge is 0.216 e. The fourth-order valence-electron chi connectivity index (χ4n) is 5.03. The molecule has 3 aromatic carbocycles. The second-order valence-corrected chi connectivity index (χ2v) is 10.2. The molecule has 0 aliphatic rings. The molecule has 0 spiro atoms.